The first-order valence-electron chi connectivity index (χ1n) is 11.2. The minimum absolute atomic E-state index is 0.0215. The lowest BCUT2D eigenvalue weighted by Gasteiger charge is -2.31. The zero-order valence-electron chi connectivity index (χ0n) is 19.3. The summed E-state index contributed by atoms with van der Waals surface area (Å²) in [5.74, 6) is -1.42. The molecule has 1 aliphatic carbocycles. The van der Waals surface area contributed by atoms with E-state index in [0.29, 0.717) is 28.2 Å². The predicted molar refractivity (Wildman–Crippen MR) is 127 cm³/mol. The Morgan fingerprint density at radius 1 is 1.34 bits per heavy atom. The van der Waals surface area contributed by atoms with Gasteiger partial charge in [0.15, 0.2) is 0 Å². The van der Waals surface area contributed by atoms with E-state index in [1.807, 2.05) is 6.92 Å². The summed E-state index contributed by atoms with van der Waals surface area (Å²) < 4.78 is 1.61. The number of aliphatic hydroxyl groups is 1. The number of carbonyl (C=O) groups is 3. The molecule has 0 bridgehead atoms. The summed E-state index contributed by atoms with van der Waals surface area (Å²) in [6.07, 6.45) is 2.43. The molecule has 11 nitrogen and oxygen atoms in total. The molecule has 1 saturated carbocycles. The Morgan fingerprint density at radius 2 is 2.09 bits per heavy atom. The Hall–Kier alpha value is -4.46. The van der Waals surface area contributed by atoms with Crippen LogP contribution in [0.2, 0.25) is 0 Å². The smallest absolute Gasteiger partial charge is 0.273 e. The van der Waals surface area contributed by atoms with Crippen molar-refractivity contribution in [2.75, 3.05) is 18.5 Å². The van der Waals surface area contributed by atoms with Crippen LogP contribution in [0.15, 0.2) is 35.6 Å². The zero-order valence-corrected chi connectivity index (χ0v) is 19.3. The number of amides is 3. The second kappa shape index (κ2) is 9.42. The summed E-state index contributed by atoms with van der Waals surface area (Å²) >= 11 is 0. The minimum atomic E-state index is -0.658. The van der Waals surface area contributed by atoms with Crippen LogP contribution >= 0.6 is 0 Å². The van der Waals surface area contributed by atoms with Crippen LogP contribution in [0.5, 0.6) is 0 Å². The minimum Gasteiger partial charge on any atom is -0.512 e. The van der Waals surface area contributed by atoms with E-state index < -0.39 is 5.91 Å². The van der Waals surface area contributed by atoms with Gasteiger partial charge < -0.3 is 26.0 Å². The number of nitrogens with one attached hydrogen (secondary N) is 3. The highest BCUT2D eigenvalue weighted by Crippen LogP contribution is 2.34. The van der Waals surface area contributed by atoms with E-state index >= 15 is 0 Å². The fraction of sp³-hybridized carbons (Fsp3) is 0.333. The molecule has 35 heavy (non-hydrogen) atoms. The highest BCUT2D eigenvalue weighted by Gasteiger charge is 2.33. The molecule has 1 fully saturated rings. The largest absolute Gasteiger partial charge is 0.512 e. The fourth-order valence-corrected chi connectivity index (χ4v) is 3.92. The van der Waals surface area contributed by atoms with Gasteiger partial charge >= 0.3 is 0 Å². The lowest BCUT2D eigenvalue weighted by molar-refractivity contribution is -0.118. The number of aliphatic hydroxyl groups excluding tert-OH is 1. The van der Waals surface area contributed by atoms with Gasteiger partial charge in [0.2, 0.25) is 5.91 Å². The Kier molecular flexibility index (Phi) is 6.38. The Bertz CT molecular complexity index is 1300. The number of allylic oxidation sites excluding steroid dienone is 1. The van der Waals surface area contributed by atoms with Crippen molar-refractivity contribution in [3.05, 3.63) is 46.9 Å². The molecular weight excluding hydrogens is 450 g/mol. The third-order valence-corrected chi connectivity index (χ3v) is 5.98. The molecule has 2 aliphatic rings. The maximum Gasteiger partial charge on any atom is 0.273 e. The summed E-state index contributed by atoms with van der Waals surface area (Å²) in [6.45, 7) is 3.37. The van der Waals surface area contributed by atoms with Crippen LogP contribution in [0.25, 0.3) is 11.3 Å². The van der Waals surface area contributed by atoms with Crippen molar-refractivity contribution in [3.8, 4) is 17.3 Å². The van der Waals surface area contributed by atoms with E-state index in [9.17, 15) is 24.8 Å². The predicted octanol–water partition coefficient (Wildman–Crippen LogP) is 2.34. The molecule has 11 heteroatoms. The molecule has 180 valence electrons. The van der Waals surface area contributed by atoms with Crippen molar-refractivity contribution in [1.29, 1.82) is 10.7 Å². The van der Waals surface area contributed by atoms with E-state index in [1.54, 1.807) is 28.9 Å². The average Bonchev–Trinajstić information content (AvgIpc) is 3.59. The third kappa shape index (κ3) is 4.77. The number of anilines is 1. The van der Waals surface area contributed by atoms with Gasteiger partial charge in [-0.1, -0.05) is 0 Å². The molecular formula is C24H25N7O4. The van der Waals surface area contributed by atoms with E-state index in [-0.39, 0.29) is 48.3 Å². The second-order valence-corrected chi connectivity index (χ2v) is 8.68. The Balaban J connectivity index is 1.59. The number of carbonyl (C=O) groups excluding carboxylic acids is 3. The normalized spacial score (nSPS) is 17.7. The lowest BCUT2D eigenvalue weighted by atomic mass is 10.1. The molecule has 1 aromatic carbocycles. The standard InChI is InChI=1S/C24H25N7O4/c1-13-11-30(12-27-23(34)18(10-26)14(2)32)24(35)21-8-20(29-31(13)21)17-6-3-15(9-25)7-19(17)28-22(33)16-4-5-16/h3,6-8,10,13,16,26,32H,4-5,11-12H2,1-2H3,(H,27,34)(H,28,33)/b18-14+,26-10?/t13-/m0/s1. The summed E-state index contributed by atoms with van der Waals surface area (Å²) in [6, 6.07) is 8.42. The maximum absolute atomic E-state index is 13.1. The van der Waals surface area contributed by atoms with Gasteiger partial charge in [-0.3, -0.25) is 19.1 Å². The van der Waals surface area contributed by atoms with Gasteiger partial charge in [-0.05, 0) is 51.0 Å². The van der Waals surface area contributed by atoms with Crippen LogP contribution in [-0.2, 0) is 9.59 Å². The molecule has 0 spiro atoms. The number of hydrogen-bond donors (Lipinski definition) is 4. The monoisotopic (exact) mass is 475 g/mol. The second-order valence-electron chi connectivity index (χ2n) is 8.68. The number of aromatic nitrogens is 2. The van der Waals surface area contributed by atoms with Crippen LogP contribution in [0.1, 0.15) is 48.8 Å². The van der Waals surface area contributed by atoms with E-state index in [4.69, 9.17) is 5.41 Å². The molecule has 0 radical (unpaired) electrons. The molecule has 1 aromatic heterocycles. The topological polar surface area (TPSA) is 164 Å². The number of nitrogens with zero attached hydrogens (tertiary/aromatic N) is 4. The summed E-state index contributed by atoms with van der Waals surface area (Å²) in [4.78, 5) is 39.2. The van der Waals surface area contributed by atoms with Crippen molar-refractivity contribution >= 4 is 29.6 Å². The molecule has 4 N–H and O–H groups in total. The Morgan fingerprint density at radius 3 is 2.71 bits per heavy atom. The highest BCUT2D eigenvalue weighted by atomic mass is 16.3. The Labute approximate surface area is 201 Å². The van der Waals surface area contributed by atoms with Crippen molar-refractivity contribution in [1.82, 2.24) is 20.0 Å². The highest BCUT2D eigenvalue weighted by molar-refractivity contribution is 6.11. The van der Waals surface area contributed by atoms with Gasteiger partial charge in [0.05, 0.1) is 41.3 Å². The SMILES string of the molecule is C/C(O)=C(/C=N)C(=O)NCN1C[C@H](C)n2nc(-c3ccc(C#N)cc3NC(=O)C3CC3)cc2C1=O. The van der Waals surface area contributed by atoms with Crippen LogP contribution in [0.3, 0.4) is 0 Å². The first-order valence-corrected chi connectivity index (χ1v) is 11.2. The quantitative estimate of drug-likeness (QED) is 0.273. The summed E-state index contributed by atoms with van der Waals surface area (Å²) in [5, 5.41) is 36.1. The van der Waals surface area contributed by atoms with Crippen molar-refractivity contribution in [2.24, 2.45) is 5.92 Å². The van der Waals surface area contributed by atoms with Crippen LogP contribution in [0.4, 0.5) is 5.69 Å². The number of nitriles is 1. The number of rotatable bonds is 7. The van der Waals surface area contributed by atoms with Crippen LogP contribution in [0, 0.1) is 22.7 Å². The zero-order chi connectivity index (χ0) is 25.3. The summed E-state index contributed by atoms with van der Waals surface area (Å²) in [5.41, 5.74) is 2.07. The van der Waals surface area contributed by atoms with E-state index in [0.717, 1.165) is 19.1 Å². The fourth-order valence-electron chi connectivity index (χ4n) is 3.92. The molecule has 2 aromatic rings. The summed E-state index contributed by atoms with van der Waals surface area (Å²) in [7, 11) is 0. The molecule has 0 unspecified atom stereocenters. The van der Waals surface area contributed by atoms with Gasteiger partial charge in [0.1, 0.15) is 11.5 Å². The average molecular weight is 476 g/mol. The van der Waals surface area contributed by atoms with Crippen LogP contribution in [-0.4, -0.2) is 56.9 Å². The van der Waals surface area contributed by atoms with Gasteiger partial charge in [-0.2, -0.15) is 10.4 Å². The van der Waals surface area contributed by atoms with E-state index in [1.165, 1.54) is 11.8 Å². The first-order chi connectivity index (χ1) is 16.7. The van der Waals surface area contributed by atoms with Gasteiger partial charge in [-0.15, -0.1) is 0 Å². The van der Waals surface area contributed by atoms with Gasteiger partial charge in [-0.25, -0.2) is 0 Å². The molecule has 2 heterocycles. The first kappa shape index (κ1) is 23.7. The number of hydrogen-bond acceptors (Lipinski definition) is 7. The number of fused-ring (bicyclic) bond motifs is 1. The number of benzene rings is 1. The molecule has 3 amide bonds. The van der Waals surface area contributed by atoms with Gasteiger partial charge in [0.25, 0.3) is 11.8 Å². The molecule has 1 atom stereocenters. The molecule has 0 saturated heterocycles. The maximum atomic E-state index is 13.1. The van der Waals surface area contributed by atoms with Crippen molar-refractivity contribution < 1.29 is 19.5 Å². The lowest BCUT2D eigenvalue weighted by Crippen LogP contribution is -2.48. The third-order valence-electron chi connectivity index (χ3n) is 5.98. The van der Waals surface area contributed by atoms with E-state index in [2.05, 4.69) is 21.8 Å². The molecule has 4 rings (SSSR count). The molecule has 1 aliphatic heterocycles. The van der Waals surface area contributed by atoms with Crippen molar-refractivity contribution in [2.45, 2.75) is 32.7 Å². The van der Waals surface area contributed by atoms with Gasteiger partial charge in [0, 0.05) is 24.2 Å². The van der Waals surface area contributed by atoms with Crippen LogP contribution < -0.4 is 10.6 Å². The van der Waals surface area contributed by atoms with Crippen molar-refractivity contribution in [3.63, 3.8) is 0 Å².